The zero-order chi connectivity index (χ0) is 31.0. The van der Waals surface area contributed by atoms with Crippen molar-refractivity contribution in [1.82, 2.24) is 0 Å². The first-order valence-electron chi connectivity index (χ1n) is 15.6. The SMILES string of the molecule is CCOC(=O)CCCN1C(=CC=CC=CC2=[N+](CCCC(=O)OCC)c3ccccc3C2(C)C)C(C)(C)c2ccccc21.[Br-]. The number of ether oxygens (including phenoxy) is 2. The molecule has 0 bridgehead atoms. The number of anilines is 1. The molecule has 0 aliphatic carbocycles. The number of nitrogens with zero attached hydrogens (tertiary/aromatic N) is 2. The minimum atomic E-state index is -0.159. The molecule has 0 amide bonds. The number of esters is 2. The van der Waals surface area contributed by atoms with Crippen LogP contribution in [0.25, 0.3) is 0 Å². The Bertz CT molecular complexity index is 1450. The Kier molecular flexibility index (Phi) is 12.4. The molecule has 0 unspecified atom stereocenters. The average Bonchev–Trinajstić information content (AvgIpc) is 3.32. The topological polar surface area (TPSA) is 58.8 Å². The minimum absolute atomic E-state index is 0. The highest BCUT2D eigenvalue weighted by atomic mass is 79.9. The maximum Gasteiger partial charge on any atom is 0.306 e. The molecule has 2 heterocycles. The van der Waals surface area contributed by atoms with E-state index in [0.29, 0.717) is 26.1 Å². The Morgan fingerprint density at radius 1 is 0.795 bits per heavy atom. The number of para-hydroxylation sites is 2. The van der Waals surface area contributed by atoms with Crippen LogP contribution in [-0.4, -0.2) is 48.5 Å². The van der Waals surface area contributed by atoms with Crippen molar-refractivity contribution < 1.29 is 40.6 Å². The Balaban J connectivity index is 0.00000529. The molecule has 0 radical (unpaired) electrons. The summed E-state index contributed by atoms with van der Waals surface area (Å²) in [5, 5.41) is 0. The fourth-order valence-corrected chi connectivity index (χ4v) is 6.35. The van der Waals surface area contributed by atoms with Gasteiger partial charge in [-0.2, -0.15) is 4.58 Å². The van der Waals surface area contributed by atoms with E-state index in [4.69, 9.17) is 9.47 Å². The molecule has 0 atom stereocenters. The molecule has 0 saturated heterocycles. The molecular weight excluding hydrogens is 616 g/mol. The van der Waals surface area contributed by atoms with Crippen molar-refractivity contribution in [3.63, 3.8) is 0 Å². The number of carbonyl (C=O) groups is 2. The van der Waals surface area contributed by atoms with Crippen LogP contribution in [0.3, 0.4) is 0 Å². The highest BCUT2D eigenvalue weighted by Gasteiger charge is 2.44. The van der Waals surface area contributed by atoms with Gasteiger partial charge in [-0.3, -0.25) is 9.59 Å². The summed E-state index contributed by atoms with van der Waals surface area (Å²) in [6, 6.07) is 17.1. The maximum atomic E-state index is 12.0. The molecule has 2 aromatic carbocycles. The zero-order valence-corrected chi connectivity index (χ0v) is 28.7. The van der Waals surface area contributed by atoms with Crippen molar-refractivity contribution >= 4 is 29.0 Å². The van der Waals surface area contributed by atoms with Gasteiger partial charge in [0.15, 0.2) is 5.71 Å². The van der Waals surface area contributed by atoms with E-state index in [9.17, 15) is 9.59 Å². The molecule has 6 nitrogen and oxygen atoms in total. The Morgan fingerprint density at radius 3 is 2.09 bits per heavy atom. The van der Waals surface area contributed by atoms with Gasteiger partial charge in [0.1, 0.15) is 6.54 Å². The second-order valence-corrected chi connectivity index (χ2v) is 12.1. The summed E-state index contributed by atoms with van der Waals surface area (Å²) < 4.78 is 12.6. The summed E-state index contributed by atoms with van der Waals surface area (Å²) in [6.45, 7) is 15.0. The van der Waals surface area contributed by atoms with Gasteiger partial charge in [-0.05, 0) is 51.8 Å². The third-order valence-corrected chi connectivity index (χ3v) is 8.46. The van der Waals surface area contributed by atoms with Crippen LogP contribution in [0.15, 0.2) is 84.6 Å². The van der Waals surface area contributed by atoms with Gasteiger partial charge >= 0.3 is 11.9 Å². The smallest absolute Gasteiger partial charge is 0.306 e. The number of halogens is 1. The first kappa shape index (κ1) is 35.0. The third-order valence-electron chi connectivity index (χ3n) is 8.46. The van der Waals surface area contributed by atoms with Gasteiger partial charge in [0.2, 0.25) is 5.69 Å². The van der Waals surface area contributed by atoms with Gasteiger partial charge in [-0.25, -0.2) is 0 Å². The fourth-order valence-electron chi connectivity index (χ4n) is 6.35. The van der Waals surface area contributed by atoms with Gasteiger partial charge in [0.25, 0.3) is 0 Å². The summed E-state index contributed by atoms with van der Waals surface area (Å²) in [6.07, 6.45) is 13.0. The monoisotopic (exact) mass is 662 g/mol. The quantitative estimate of drug-likeness (QED) is 0.179. The van der Waals surface area contributed by atoms with Gasteiger partial charge < -0.3 is 31.4 Å². The molecule has 44 heavy (non-hydrogen) atoms. The van der Waals surface area contributed by atoms with E-state index in [-0.39, 0.29) is 39.8 Å². The van der Waals surface area contributed by atoms with Gasteiger partial charge in [0.05, 0.1) is 25.0 Å². The predicted molar refractivity (Wildman–Crippen MR) is 174 cm³/mol. The fraction of sp³-hybridized carbons (Fsp3) is 0.432. The highest BCUT2D eigenvalue weighted by Crippen LogP contribution is 2.47. The number of rotatable bonds is 13. The van der Waals surface area contributed by atoms with Crippen molar-refractivity contribution in [3.8, 4) is 0 Å². The Labute approximate surface area is 273 Å². The van der Waals surface area contributed by atoms with Crippen molar-refractivity contribution in [2.45, 2.75) is 78.1 Å². The molecule has 236 valence electrons. The van der Waals surface area contributed by atoms with Crippen LogP contribution in [0, 0.1) is 0 Å². The lowest BCUT2D eigenvalue weighted by Gasteiger charge is -2.27. The largest absolute Gasteiger partial charge is 1.00 e. The standard InChI is InChI=1S/C37H47N2O4.BrH/c1-7-42-34(40)24-16-26-38-30-20-14-12-18-28(30)36(3,4)32(38)22-10-9-11-23-33-37(5,6)29-19-13-15-21-31(29)39(33)27-17-25-35(41)43-8-2;/h9-15,18-23H,7-8,16-17,24-27H2,1-6H3;1H/q+1;/p-1. The molecule has 2 aliphatic heterocycles. The van der Waals surface area contributed by atoms with Crippen LogP contribution in [-0.2, 0) is 29.9 Å². The number of carbonyl (C=O) groups excluding carboxylic acids is 2. The molecule has 0 fully saturated rings. The highest BCUT2D eigenvalue weighted by molar-refractivity contribution is 6.03. The van der Waals surface area contributed by atoms with E-state index >= 15 is 0 Å². The lowest BCUT2D eigenvalue weighted by molar-refractivity contribution is -0.438. The predicted octanol–water partition coefficient (Wildman–Crippen LogP) is 4.55. The van der Waals surface area contributed by atoms with Gasteiger partial charge in [-0.1, -0.05) is 68.5 Å². The van der Waals surface area contributed by atoms with E-state index in [1.165, 1.54) is 33.9 Å². The molecule has 0 spiro atoms. The van der Waals surface area contributed by atoms with Crippen LogP contribution >= 0.6 is 0 Å². The summed E-state index contributed by atoms with van der Waals surface area (Å²) in [7, 11) is 0. The summed E-state index contributed by atoms with van der Waals surface area (Å²) in [5.41, 5.74) is 7.09. The maximum absolute atomic E-state index is 12.0. The normalized spacial score (nSPS) is 17.2. The molecule has 0 saturated carbocycles. The number of fused-ring (bicyclic) bond motifs is 2. The first-order chi connectivity index (χ1) is 20.6. The third kappa shape index (κ3) is 7.60. The van der Waals surface area contributed by atoms with Gasteiger partial charge in [-0.15, -0.1) is 0 Å². The number of hydrogen-bond acceptors (Lipinski definition) is 5. The van der Waals surface area contributed by atoms with E-state index in [1.807, 2.05) is 13.8 Å². The molecule has 2 aliphatic rings. The number of hydrogen-bond donors (Lipinski definition) is 0. The molecule has 2 aromatic rings. The Morgan fingerprint density at radius 2 is 1.41 bits per heavy atom. The molecular formula is C37H47BrN2O4. The van der Waals surface area contributed by atoms with Crippen molar-refractivity contribution in [3.05, 3.63) is 95.7 Å². The molecule has 4 rings (SSSR count). The second kappa shape index (κ2) is 15.5. The van der Waals surface area contributed by atoms with Crippen LogP contribution in [0.5, 0.6) is 0 Å². The van der Waals surface area contributed by atoms with E-state index in [0.717, 1.165) is 25.9 Å². The lowest BCUT2D eigenvalue weighted by Crippen LogP contribution is -3.00. The second-order valence-electron chi connectivity index (χ2n) is 12.1. The minimum Gasteiger partial charge on any atom is -1.00 e. The zero-order valence-electron chi connectivity index (χ0n) is 27.1. The molecule has 0 N–H and O–H groups in total. The number of benzene rings is 2. The first-order valence-corrected chi connectivity index (χ1v) is 15.6. The van der Waals surface area contributed by atoms with Crippen molar-refractivity contribution in [2.24, 2.45) is 0 Å². The molecule has 0 aromatic heterocycles. The molecule has 7 heteroatoms. The van der Waals surface area contributed by atoms with Crippen LogP contribution in [0.4, 0.5) is 11.4 Å². The van der Waals surface area contributed by atoms with Gasteiger partial charge in [0, 0.05) is 53.9 Å². The van der Waals surface area contributed by atoms with Crippen LogP contribution in [0.1, 0.15) is 78.4 Å². The summed E-state index contributed by atoms with van der Waals surface area (Å²) in [4.78, 5) is 26.3. The van der Waals surface area contributed by atoms with E-state index < -0.39 is 0 Å². The lowest BCUT2D eigenvalue weighted by atomic mass is 9.81. The van der Waals surface area contributed by atoms with E-state index in [2.05, 4.69) is 116 Å². The average molecular weight is 664 g/mol. The van der Waals surface area contributed by atoms with Crippen LogP contribution in [0.2, 0.25) is 0 Å². The summed E-state index contributed by atoms with van der Waals surface area (Å²) in [5.74, 6) is -0.288. The number of allylic oxidation sites excluding steroid dienone is 6. The van der Waals surface area contributed by atoms with Crippen molar-refractivity contribution in [2.75, 3.05) is 31.2 Å². The Hall–Kier alpha value is -3.45. The summed E-state index contributed by atoms with van der Waals surface area (Å²) >= 11 is 0. The van der Waals surface area contributed by atoms with Crippen molar-refractivity contribution in [1.29, 1.82) is 0 Å². The van der Waals surface area contributed by atoms with E-state index in [1.54, 1.807) is 0 Å². The van der Waals surface area contributed by atoms with Crippen LogP contribution < -0.4 is 21.9 Å².